The first-order valence-electron chi connectivity index (χ1n) is 9.12. The average Bonchev–Trinajstić information content (AvgIpc) is 2.70. The molecule has 168 valence electrons. The second-order valence-electron chi connectivity index (χ2n) is 6.80. The number of nitrogens with one attached hydrogen (secondary N) is 1. The van der Waals surface area contributed by atoms with E-state index in [1.165, 1.54) is 61.3 Å². The van der Waals surface area contributed by atoms with Gasteiger partial charge < -0.3 is 10.2 Å². The molecule has 2 rings (SSSR count). The Hall–Kier alpha value is -2.36. The third-order valence-corrected chi connectivity index (χ3v) is 6.20. The van der Waals surface area contributed by atoms with Crippen molar-refractivity contribution in [1.82, 2.24) is 10.2 Å². The molecule has 1 N–H and O–H groups in total. The minimum Gasteiger partial charge on any atom is -0.357 e. The van der Waals surface area contributed by atoms with Gasteiger partial charge in [-0.05, 0) is 42.8 Å². The van der Waals surface area contributed by atoms with E-state index in [4.69, 9.17) is 23.2 Å². The molecule has 0 aromatic heterocycles. The van der Waals surface area contributed by atoms with Gasteiger partial charge in [0.2, 0.25) is 21.8 Å². The van der Waals surface area contributed by atoms with Crippen LogP contribution in [0.3, 0.4) is 0 Å². The molecule has 0 aliphatic rings. The summed E-state index contributed by atoms with van der Waals surface area (Å²) in [5, 5.41) is 2.82. The van der Waals surface area contributed by atoms with E-state index in [9.17, 15) is 22.4 Å². The number of hydrogen-bond donors (Lipinski definition) is 1. The van der Waals surface area contributed by atoms with Gasteiger partial charge in [-0.15, -0.1) is 0 Å². The smallest absolute Gasteiger partial charge is 0.244 e. The van der Waals surface area contributed by atoms with E-state index in [2.05, 4.69) is 5.32 Å². The topological polar surface area (TPSA) is 86.8 Å². The van der Waals surface area contributed by atoms with E-state index in [1.807, 2.05) is 0 Å². The van der Waals surface area contributed by atoms with E-state index in [0.717, 1.165) is 10.6 Å². The van der Waals surface area contributed by atoms with Crippen LogP contribution < -0.4 is 9.62 Å². The first kappa shape index (κ1) is 24.9. The third-order valence-electron chi connectivity index (χ3n) is 4.54. The van der Waals surface area contributed by atoms with Gasteiger partial charge in [0.1, 0.15) is 18.4 Å². The Kier molecular flexibility index (Phi) is 8.27. The Morgan fingerprint density at radius 2 is 1.74 bits per heavy atom. The summed E-state index contributed by atoms with van der Waals surface area (Å²) in [5.41, 5.74) is 0.650. The van der Waals surface area contributed by atoms with E-state index < -0.39 is 40.2 Å². The Morgan fingerprint density at radius 3 is 2.26 bits per heavy atom. The second-order valence-corrected chi connectivity index (χ2v) is 9.55. The molecule has 2 aromatic rings. The zero-order chi connectivity index (χ0) is 23.3. The monoisotopic (exact) mass is 489 g/mol. The first-order valence-corrected chi connectivity index (χ1v) is 11.7. The van der Waals surface area contributed by atoms with Crippen molar-refractivity contribution >= 4 is 50.7 Å². The van der Waals surface area contributed by atoms with Gasteiger partial charge in [0, 0.05) is 18.6 Å². The summed E-state index contributed by atoms with van der Waals surface area (Å²) in [6.45, 7) is 0.892. The quantitative estimate of drug-likeness (QED) is 0.617. The number of halogens is 3. The number of carbonyl (C=O) groups excluding carboxylic acids is 2. The maximum absolute atomic E-state index is 13.2. The lowest BCUT2D eigenvalue weighted by Crippen LogP contribution is -2.50. The van der Waals surface area contributed by atoms with Crippen LogP contribution in [0, 0.1) is 5.82 Å². The molecule has 7 nitrogen and oxygen atoms in total. The van der Waals surface area contributed by atoms with Crippen molar-refractivity contribution in [2.45, 2.75) is 19.5 Å². The molecular formula is C20H22Cl2FN3O4S. The van der Waals surface area contributed by atoms with Crippen molar-refractivity contribution in [3.8, 4) is 0 Å². The number of amides is 2. The molecule has 0 heterocycles. The maximum atomic E-state index is 13.2. The zero-order valence-corrected chi connectivity index (χ0v) is 19.4. The molecule has 2 aromatic carbocycles. The van der Waals surface area contributed by atoms with E-state index in [-0.39, 0.29) is 17.3 Å². The van der Waals surface area contributed by atoms with Crippen LogP contribution in [0.4, 0.5) is 10.1 Å². The number of likely N-dealkylation sites (N-methyl/N-ethyl adjacent to an activating group) is 1. The Balaban J connectivity index is 2.40. The molecular weight excluding hydrogens is 468 g/mol. The molecule has 0 bridgehead atoms. The fourth-order valence-electron chi connectivity index (χ4n) is 2.86. The predicted octanol–water partition coefficient (Wildman–Crippen LogP) is 3.06. The highest BCUT2D eigenvalue weighted by molar-refractivity contribution is 7.92. The second kappa shape index (κ2) is 10.3. The van der Waals surface area contributed by atoms with Crippen molar-refractivity contribution in [3.05, 3.63) is 63.9 Å². The van der Waals surface area contributed by atoms with Crippen LogP contribution in [-0.2, 0) is 26.2 Å². The molecule has 0 fully saturated rings. The first-order chi connectivity index (χ1) is 14.4. The summed E-state index contributed by atoms with van der Waals surface area (Å²) in [6.07, 6.45) is 0.942. The lowest BCUT2D eigenvalue weighted by atomic mass is 10.1. The SMILES string of the molecule is CNC(=O)[C@H](C)N(Cc1ccc(F)cc1)C(=O)CN(c1ccc(Cl)cc1Cl)S(C)(=O)=O. The number of sulfonamides is 1. The molecule has 2 amide bonds. The van der Waals surface area contributed by atoms with Gasteiger partial charge in [-0.2, -0.15) is 0 Å². The van der Waals surface area contributed by atoms with Crippen molar-refractivity contribution < 1.29 is 22.4 Å². The lowest BCUT2D eigenvalue weighted by molar-refractivity contribution is -0.139. The van der Waals surface area contributed by atoms with Crippen LogP contribution >= 0.6 is 23.2 Å². The molecule has 0 saturated heterocycles. The molecule has 11 heteroatoms. The molecule has 0 unspecified atom stereocenters. The van der Waals surface area contributed by atoms with Crippen LogP contribution in [0.1, 0.15) is 12.5 Å². The Bertz CT molecular complexity index is 1060. The third kappa shape index (κ3) is 6.56. The van der Waals surface area contributed by atoms with E-state index in [1.54, 1.807) is 0 Å². The van der Waals surface area contributed by atoms with Crippen molar-refractivity contribution in [2.24, 2.45) is 0 Å². The fraction of sp³-hybridized carbons (Fsp3) is 0.300. The van der Waals surface area contributed by atoms with Crippen LogP contribution in [0.25, 0.3) is 0 Å². The van der Waals surface area contributed by atoms with Crippen molar-refractivity contribution in [2.75, 3.05) is 24.2 Å². The summed E-state index contributed by atoms with van der Waals surface area (Å²) >= 11 is 12.0. The fourth-order valence-corrected chi connectivity index (χ4v) is 4.28. The highest BCUT2D eigenvalue weighted by Crippen LogP contribution is 2.30. The van der Waals surface area contributed by atoms with Crippen LogP contribution in [-0.4, -0.2) is 51.0 Å². The summed E-state index contributed by atoms with van der Waals surface area (Å²) in [6, 6.07) is 8.74. The minimum absolute atomic E-state index is 0.0281. The van der Waals surface area contributed by atoms with Gasteiger partial charge in [-0.1, -0.05) is 35.3 Å². The number of nitrogens with zero attached hydrogens (tertiary/aromatic N) is 2. The molecule has 31 heavy (non-hydrogen) atoms. The van der Waals surface area contributed by atoms with E-state index in [0.29, 0.717) is 10.6 Å². The number of hydrogen-bond acceptors (Lipinski definition) is 4. The molecule has 0 aliphatic carbocycles. The predicted molar refractivity (Wildman–Crippen MR) is 119 cm³/mol. The van der Waals surface area contributed by atoms with Gasteiger partial charge in [0.25, 0.3) is 0 Å². The molecule has 0 saturated carbocycles. The highest BCUT2D eigenvalue weighted by atomic mass is 35.5. The summed E-state index contributed by atoms with van der Waals surface area (Å²) in [5.74, 6) is -1.52. The molecule has 0 aliphatic heterocycles. The summed E-state index contributed by atoms with van der Waals surface area (Å²) < 4.78 is 38.9. The van der Waals surface area contributed by atoms with E-state index >= 15 is 0 Å². The standard InChI is InChI=1S/C20H22Cl2FN3O4S/c1-13(20(28)24-2)25(11-14-4-7-16(23)8-5-14)19(27)12-26(31(3,29)30)18-9-6-15(21)10-17(18)22/h4-10,13H,11-12H2,1-3H3,(H,24,28)/t13-/m0/s1. The normalized spacial score (nSPS) is 12.2. The van der Waals surface area contributed by atoms with Crippen molar-refractivity contribution in [3.63, 3.8) is 0 Å². The number of anilines is 1. The van der Waals surface area contributed by atoms with Crippen LogP contribution in [0.2, 0.25) is 10.0 Å². The minimum atomic E-state index is -3.90. The lowest BCUT2D eigenvalue weighted by Gasteiger charge is -2.31. The molecule has 0 radical (unpaired) electrons. The largest absolute Gasteiger partial charge is 0.357 e. The van der Waals surface area contributed by atoms with Crippen molar-refractivity contribution in [1.29, 1.82) is 0 Å². The number of rotatable bonds is 8. The van der Waals surface area contributed by atoms with Crippen LogP contribution in [0.15, 0.2) is 42.5 Å². The average molecular weight is 490 g/mol. The molecule has 0 spiro atoms. The van der Waals surface area contributed by atoms with Gasteiger partial charge in [0.15, 0.2) is 0 Å². The van der Waals surface area contributed by atoms with Gasteiger partial charge in [0.05, 0.1) is 17.0 Å². The highest BCUT2D eigenvalue weighted by Gasteiger charge is 2.30. The van der Waals surface area contributed by atoms with Gasteiger partial charge >= 0.3 is 0 Å². The number of carbonyl (C=O) groups is 2. The zero-order valence-electron chi connectivity index (χ0n) is 17.1. The number of benzene rings is 2. The summed E-state index contributed by atoms with van der Waals surface area (Å²) in [7, 11) is -2.48. The van der Waals surface area contributed by atoms with Gasteiger partial charge in [-0.25, -0.2) is 12.8 Å². The Morgan fingerprint density at radius 1 is 1.13 bits per heavy atom. The maximum Gasteiger partial charge on any atom is 0.244 e. The van der Waals surface area contributed by atoms with Gasteiger partial charge in [-0.3, -0.25) is 13.9 Å². The molecule has 1 atom stereocenters. The van der Waals surface area contributed by atoms with Crippen LogP contribution in [0.5, 0.6) is 0 Å². The summed E-state index contributed by atoms with van der Waals surface area (Å²) in [4.78, 5) is 26.6. The Labute approximate surface area is 190 Å².